The maximum atomic E-state index is 12.3. The predicted octanol–water partition coefficient (Wildman–Crippen LogP) is 2.78. The normalized spacial score (nSPS) is 16.2. The third-order valence-electron chi connectivity index (χ3n) is 4.45. The highest BCUT2D eigenvalue weighted by Gasteiger charge is 2.21. The van der Waals surface area contributed by atoms with E-state index >= 15 is 0 Å². The number of rotatable bonds is 6. The van der Waals surface area contributed by atoms with Crippen LogP contribution in [0, 0.1) is 0 Å². The summed E-state index contributed by atoms with van der Waals surface area (Å²) in [7, 11) is 2.00. The van der Waals surface area contributed by atoms with Crippen molar-refractivity contribution < 1.29 is 4.79 Å². The van der Waals surface area contributed by atoms with Crippen molar-refractivity contribution in [2.45, 2.75) is 51.5 Å². The molecule has 0 unspecified atom stereocenters. The Balaban J connectivity index is 1.82. The van der Waals surface area contributed by atoms with Gasteiger partial charge in [0.05, 0.1) is 6.42 Å². The molecule has 21 heavy (non-hydrogen) atoms. The van der Waals surface area contributed by atoms with Crippen LogP contribution in [0.25, 0.3) is 0 Å². The van der Waals surface area contributed by atoms with E-state index in [2.05, 4.69) is 36.5 Å². The van der Waals surface area contributed by atoms with Crippen molar-refractivity contribution in [1.82, 2.24) is 10.2 Å². The molecule has 0 aliphatic carbocycles. The molecule has 1 saturated heterocycles. The van der Waals surface area contributed by atoms with Crippen LogP contribution in [0.4, 0.5) is 0 Å². The Morgan fingerprint density at radius 3 is 2.38 bits per heavy atom. The average Bonchev–Trinajstić information content (AvgIpc) is 2.54. The number of aryl methyl sites for hydroxylation is 1. The van der Waals surface area contributed by atoms with E-state index in [1.165, 1.54) is 18.4 Å². The van der Waals surface area contributed by atoms with Crippen molar-refractivity contribution in [2.24, 2.45) is 0 Å². The SMILES string of the molecule is CCCCc1ccc(CC(=O)N2CCC(NC)CC2)cc1. The summed E-state index contributed by atoms with van der Waals surface area (Å²) < 4.78 is 0. The molecule has 1 aromatic carbocycles. The molecular formula is C18H28N2O. The standard InChI is InChI=1S/C18H28N2O/c1-3-4-5-15-6-8-16(9-7-15)14-18(21)20-12-10-17(19-2)11-13-20/h6-9,17,19H,3-5,10-14H2,1-2H3. The molecular weight excluding hydrogens is 260 g/mol. The largest absolute Gasteiger partial charge is 0.342 e. The van der Waals surface area contributed by atoms with Crippen LogP contribution in [0.3, 0.4) is 0 Å². The zero-order valence-electron chi connectivity index (χ0n) is 13.4. The fraction of sp³-hybridized carbons (Fsp3) is 0.611. The minimum absolute atomic E-state index is 0.269. The Labute approximate surface area is 128 Å². The molecule has 0 saturated carbocycles. The van der Waals surface area contributed by atoms with Crippen molar-refractivity contribution in [2.75, 3.05) is 20.1 Å². The van der Waals surface area contributed by atoms with Crippen LogP contribution >= 0.6 is 0 Å². The van der Waals surface area contributed by atoms with Crippen LogP contribution < -0.4 is 5.32 Å². The number of hydrogen-bond donors (Lipinski definition) is 1. The third kappa shape index (κ3) is 4.85. The first-order valence-corrected chi connectivity index (χ1v) is 8.25. The smallest absolute Gasteiger partial charge is 0.226 e. The molecule has 3 heteroatoms. The van der Waals surface area contributed by atoms with Gasteiger partial charge in [-0.15, -0.1) is 0 Å². The predicted molar refractivity (Wildman–Crippen MR) is 87.4 cm³/mol. The summed E-state index contributed by atoms with van der Waals surface area (Å²) in [4.78, 5) is 14.3. The van der Waals surface area contributed by atoms with E-state index in [1.807, 2.05) is 11.9 Å². The van der Waals surface area contributed by atoms with Gasteiger partial charge in [0, 0.05) is 19.1 Å². The lowest BCUT2D eigenvalue weighted by atomic mass is 10.0. The third-order valence-corrected chi connectivity index (χ3v) is 4.45. The van der Waals surface area contributed by atoms with E-state index in [9.17, 15) is 4.79 Å². The molecule has 1 amide bonds. The number of carbonyl (C=O) groups is 1. The number of unbranched alkanes of at least 4 members (excludes halogenated alkanes) is 1. The van der Waals surface area contributed by atoms with Gasteiger partial charge in [0.25, 0.3) is 0 Å². The molecule has 2 rings (SSSR count). The first-order valence-electron chi connectivity index (χ1n) is 8.25. The lowest BCUT2D eigenvalue weighted by Gasteiger charge is -2.31. The Hall–Kier alpha value is -1.35. The maximum absolute atomic E-state index is 12.3. The molecule has 1 aliphatic heterocycles. The molecule has 0 bridgehead atoms. The van der Waals surface area contributed by atoms with E-state index in [-0.39, 0.29) is 5.91 Å². The molecule has 0 aromatic heterocycles. The van der Waals surface area contributed by atoms with Crippen LogP contribution in [-0.4, -0.2) is 37.0 Å². The number of benzene rings is 1. The minimum Gasteiger partial charge on any atom is -0.342 e. The van der Waals surface area contributed by atoms with Gasteiger partial charge in [-0.2, -0.15) is 0 Å². The fourth-order valence-corrected chi connectivity index (χ4v) is 2.91. The van der Waals surface area contributed by atoms with Gasteiger partial charge in [-0.3, -0.25) is 4.79 Å². The van der Waals surface area contributed by atoms with E-state index in [4.69, 9.17) is 0 Å². The molecule has 1 N–H and O–H groups in total. The van der Waals surface area contributed by atoms with Gasteiger partial charge >= 0.3 is 0 Å². The van der Waals surface area contributed by atoms with E-state index in [0.717, 1.165) is 37.9 Å². The topological polar surface area (TPSA) is 32.3 Å². The summed E-state index contributed by atoms with van der Waals surface area (Å²) in [5.41, 5.74) is 2.51. The van der Waals surface area contributed by atoms with Gasteiger partial charge in [-0.05, 0) is 43.9 Å². The first kappa shape index (κ1) is 16.0. The van der Waals surface area contributed by atoms with Gasteiger partial charge in [0.2, 0.25) is 5.91 Å². The molecule has 0 atom stereocenters. The number of hydrogen-bond acceptors (Lipinski definition) is 2. The van der Waals surface area contributed by atoms with Crippen molar-refractivity contribution in [3.05, 3.63) is 35.4 Å². The molecule has 1 fully saturated rings. The molecule has 3 nitrogen and oxygen atoms in total. The average molecular weight is 288 g/mol. The van der Waals surface area contributed by atoms with E-state index < -0.39 is 0 Å². The van der Waals surface area contributed by atoms with Gasteiger partial charge < -0.3 is 10.2 Å². The van der Waals surface area contributed by atoms with Gasteiger partial charge in [-0.25, -0.2) is 0 Å². The Bertz CT molecular complexity index is 433. The lowest BCUT2D eigenvalue weighted by Crippen LogP contribution is -2.44. The number of nitrogens with zero attached hydrogens (tertiary/aromatic N) is 1. The van der Waals surface area contributed by atoms with Crippen molar-refractivity contribution in [3.8, 4) is 0 Å². The summed E-state index contributed by atoms with van der Waals surface area (Å²) >= 11 is 0. The number of piperidine rings is 1. The van der Waals surface area contributed by atoms with E-state index in [1.54, 1.807) is 0 Å². The summed E-state index contributed by atoms with van der Waals surface area (Å²) in [5, 5.41) is 3.30. The Kier molecular flexibility index (Phi) is 6.24. The van der Waals surface area contributed by atoms with Crippen LogP contribution in [-0.2, 0) is 17.6 Å². The zero-order valence-corrected chi connectivity index (χ0v) is 13.4. The first-order chi connectivity index (χ1) is 10.2. The van der Waals surface area contributed by atoms with Crippen molar-refractivity contribution in [3.63, 3.8) is 0 Å². The van der Waals surface area contributed by atoms with Gasteiger partial charge in [0.1, 0.15) is 0 Å². The minimum atomic E-state index is 0.269. The Morgan fingerprint density at radius 2 is 1.81 bits per heavy atom. The number of nitrogens with one attached hydrogen (secondary N) is 1. The molecule has 0 spiro atoms. The summed E-state index contributed by atoms with van der Waals surface area (Å²) in [6, 6.07) is 9.15. The highest BCUT2D eigenvalue weighted by Crippen LogP contribution is 2.13. The Morgan fingerprint density at radius 1 is 1.19 bits per heavy atom. The highest BCUT2D eigenvalue weighted by molar-refractivity contribution is 5.78. The van der Waals surface area contributed by atoms with Gasteiger partial charge in [0.15, 0.2) is 0 Å². The lowest BCUT2D eigenvalue weighted by molar-refractivity contribution is -0.131. The second-order valence-corrected chi connectivity index (χ2v) is 6.04. The molecule has 116 valence electrons. The summed E-state index contributed by atoms with van der Waals surface area (Å²) in [6.45, 7) is 3.99. The van der Waals surface area contributed by atoms with Crippen LogP contribution in [0.2, 0.25) is 0 Å². The second-order valence-electron chi connectivity index (χ2n) is 6.04. The quantitative estimate of drug-likeness (QED) is 0.873. The molecule has 1 aliphatic rings. The van der Waals surface area contributed by atoms with Gasteiger partial charge in [-0.1, -0.05) is 37.6 Å². The molecule has 1 heterocycles. The maximum Gasteiger partial charge on any atom is 0.226 e. The number of amides is 1. The highest BCUT2D eigenvalue weighted by atomic mass is 16.2. The van der Waals surface area contributed by atoms with Crippen molar-refractivity contribution >= 4 is 5.91 Å². The van der Waals surface area contributed by atoms with Crippen molar-refractivity contribution in [1.29, 1.82) is 0 Å². The van der Waals surface area contributed by atoms with Crippen LogP contribution in [0.1, 0.15) is 43.7 Å². The number of likely N-dealkylation sites (tertiary alicyclic amines) is 1. The fourth-order valence-electron chi connectivity index (χ4n) is 2.91. The van der Waals surface area contributed by atoms with E-state index in [0.29, 0.717) is 12.5 Å². The monoisotopic (exact) mass is 288 g/mol. The zero-order chi connectivity index (χ0) is 15.1. The number of carbonyl (C=O) groups excluding carboxylic acids is 1. The molecule has 1 aromatic rings. The molecule has 0 radical (unpaired) electrons. The summed E-state index contributed by atoms with van der Waals surface area (Å²) in [6.07, 6.45) is 6.28. The van der Waals surface area contributed by atoms with Crippen LogP contribution in [0.15, 0.2) is 24.3 Å². The second kappa shape index (κ2) is 8.18. The van der Waals surface area contributed by atoms with Crippen LogP contribution in [0.5, 0.6) is 0 Å². The summed E-state index contributed by atoms with van der Waals surface area (Å²) in [5.74, 6) is 0.269.